The molecule has 0 fully saturated rings. The summed E-state index contributed by atoms with van der Waals surface area (Å²) in [6.45, 7) is 1.82. The van der Waals surface area contributed by atoms with E-state index in [0.29, 0.717) is 47.0 Å². The molecule has 1 aromatic carbocycles. The lowest BCUT2D eigenvalue weighted by atomic mass is 9.96. The van der Waals surface area contributed by atoms with Crippen LogP contribution in [0.15, 0.2) is 0 Å². The molecule has 0 unspecified atom stereocenters. The third kappa shape index (κ3) is 6.54. The van der Waals surface area contributed by atoms with E-state index in [4.69, 9.17) is 18.9 Å². The van der Waals surface area contributed by atoms with Gasteiger partial charge in [0.25, 0.3) is 0 Å². The van der Waals surface area contributed by atoms with Gasteiger partial charge in [0.15, 0.2) is 17.3 Å². The molecular weight excluding hydrogens is 376 g/mol. The quantitative estimate of drug-likeness (QED) is 0.254. The second kappa shape index (κ2) is 12.9. The molecule has 0 spiro atoms. The fraction of sp³-hybridized carbons (Fsp3) is 0.636. The van der Waals surface area contributed by atoms with Gasteiger partial charge in [-0.3, -0.25) is 9.59 Å². The number of esters is 1. The summed E-state index contributed by atoms with van der Waals surface area (Å²) in [6.07, 6.45) is 6.52. The third-order valence-corrected chi connectivity index (χ3v) is 4.92. The van der Waals surface area contributed by atoms with E-state index in [1.54, 1.807) is 0 Å². The van der Waals surface area contributed by atoms with Gasteiger partial charge in [-0.1, -0.05) is 25.7 Å². The second-order valence-electron chi connectivity index (χ2n) is 6.75. The summed E-state index contributed by atoms with van der Waals surface area (Å²) in [6, 6.07) is 0. The Bertz CT molecular complexity index is 682. The molecule has 0 aromatic heterocycles. The summed E-state index contributed by atoms with van der Waals surface area (Å²) in [5.41, 5.74) is 1.15. The van der Waals surface area contributed by atoms with Crippen LogP contribution in [-0.4, -0.2) is 47.3 Å². The van der Waals surface area contributed by atoms with Gasteiger partial charge in [-0.05, 0) is 19.8 Å². The molecule has 164 valence electrons. The van der Waals surface area contributed by atoms with Crippen LogP contribution in [0.5, 0.6) is 23.0 Å². The smallest absolute Gasteiger partial charge is 0.305 e. The van der Waals surface area contributed by atoms with E-state index in [1.807, 2.05) is 6.92 Å². The average molecular weight is 411 g/mol. The highest BCUT2D eigenvalue weighted by Gasteiger charge is 2.28. The van der Waals surface area contributed by atoms with Gasteiger partial charge in [0.05, 0.1) is 41.1 Å². The van der Waals surface area contributed by atoms with Crippen molar-refractivity contribution in [2.45, 2.75) is 58.3 Å². The molecule has 0 N–H and O–H groups in total. The van der Waals surface area contributed by atoms with Crippen LogP contribution < -0.4 is 18.9 Å². The Balaban J connectivity index is 2.71. The molecule has 0 saturated carbocycles. The molecule has 0 saturated heterocycles. The van der Waals surface area contributed by atoms with Crippen molar-refractivity contribution >= 4 is 11.8 Å². The van der Waals surface area contributed by atoms with Gasteiger partial charge in [-0.2, -0.15) is 0 Å². The summed E-state index contributed by atoms with van der Waals surface area (Å²) in [5, 5.41) is 0. The number of ketones is 1. The molecule has 1 aromatic rings. The Labute approximate surface area is 173 Å². The molecule has 0 radical (unpaired) electrons. The van der Waals surface area contributed by atoms with Crippen molar-refractivity contribution in [2.24, 2.45) is 0 Å². The van der Waals surface area contributed by atoms with Crippen molar-refractivity contribution in [3.63, 3.8) is 0 Å². The fourth-order valence-corrected chi connectivity index (χ4v) is 3.41. The zero-order chi connectivity index (χ0) is 21.8. The number of ether oxygens (including phenoxy) is 5. The maximum Gasteiger partial charge on any atom is 0.305 e. The first-order chi connectivity index (χ1) is 14.0. The van der Waals surface area contributed by atoms with Crippen LogP contribution in [0.1, 0.15) is 67.3 Å². The van der Waals surface area contributed by atoms with Gasteiger partial charge in [0, 0.05) is 18.4 Å². The molecule has 0 amide bonds. The Kier molecular flexibility index (Phi) is 10.9. The van der Waals surface area contributed by atoms with E-state index in [-0.39, 0.29) is 11.8 Å². The molecule has 0 heterocycles. The van der Waals surface area contributed by atoms with Gasteiger partial charge in [0.1, 0.15) is 0 Å². The molecule has 0 aliphatic rings. The highest BCUT2D eigenvalue weighted by molar-refractivity contribution is 6.02. The second-order valence-corrected chi connectivity index (χ2v) is 6.75. The molecule has 7 nitrogen and oxygen atoms in total. The van der Waals surface area contributed by atoms with E-state index in [9.17, 15) is 9.59 Å². The van der Waals surface area contributed by atoms with Gasteiger partial charge in [-0.15, -0.1) is 0 Å². The minimum atomic E-state index is -0.162. The van der Waals surface area contributed by atoms with E-state index in [1.165, 1.54) is 35.5 Å². The van der Waals surface area contributed by atoms with E-state index in [2.05, 4.69) is 4.74 Å². The molecule has 0 bridgehead atoms. The highest BCUT2D eigenvalue weighted by atomic mass is 16.5. The van der Waals surface area contributed by atoms with Crippen LogP contribution >= 0.6 is 0 Å². The lowest BCUT2D eigenvalue weighted by Crippen LogP contribution is -2.09. The standard InChI is InChI=1S/C22H34O7/c1-15-18(20(27-4)22(29-6)21(28-5)19(15)26-3)16(23)13-11-9-7-8-10-12-14-17(24)25-2/h7-14H2,1-6H3. The first-order valence-electron chi connectivity index (χ1n) is 9.93. The molecule has 0 aliphatic heterocycles. The topological polar surface area (TPSA) is 80.3 Å². The van der Waals surface area contributed by atoms with Gasteiger partial charge < -0.3 is 23.7 Å². The predicted octanol–water partition coefficient (Wildman–Crippen LogP) is 4.51. The lowest BCUT2D eigenvalue weighted by Gasteiger charge is -2.21. The molecule has 1 rings (SSSR count). The molecule has 7 heteroatoms. The number of Topliss-reactive ketones (excluding diaryl/α,β-unsaturated/α-hetero) is 1. The van der Waals surface area contributed by atoms with Crippen LogP contribution in [-0.2, 0) is 9.53 Å². The minimum absolute atomic E-state index is 0.00991. The van der Waals surface area contributed by atoms with Crippen molar-refractivity contribution in [2.75, 3.05) is 35.5 Å². The number of hydrogen-bond donors (Lipinski definition) is 0. The Hall–Kier alpha value is -2.44. The van der Waals surface area contributed by atoms with Crippen molar-refractivity contribution in [1.82, 2.24) is 0 Å². The molecule has 0 aliphatic carbocycles. The number of carbonyl (C=O) groups is 2. The van der Waals surface area contributed by atoms with Gasteiger partial charge in [0.2, 0.25) is 11.5 Å². The average Bonchev–Trinajstić information content (AvgIpc) is 2.73. The number of unbranched alkanes of at least 4 members (excludes halogenated alkanes) is 5. The highest BCUT2D eigenvalue weighted by Crippen LogP contribution is 2.49. The van der Waals surface area contributed by atoms with Crippen LogP contribution in [0.25, 0.3) is 0 Å². The molecule has 0 atom stereocenters. The number of hydrogen-bond acceptors (Lipinski definition) is 7. The van der Waals surface area contributed by atoms with Crippen molar-refractivity contribution in [3.05, 3.63) is 11.1 Å². The fourth-order valence-electron chi connectivity index (χ4n) is 3.41. The zero-order valence-electron chi connectivity index (χ0n) is 18.5. The number of benzene rings is 1. The summed E-state index contributed by atoms with van der Waals surface area (Å²) < 4.78 is 26.4. The molecule has 29 heavy (non-hydrogen) atoms. The zero-order valence-corrected chi connectivity index (χ0v) is 18.5. The Morgan fingerprint density at radius 3 is 1.55 bits per heavy atom. The number of methoxy groups -OCH3 is 5. The maximum absolute atomic E-state index is 12.9. The number of carbonyl (C=O) groups excluding carboxylic acids is 2. The first-order valence-corrected chi connectivity index (χ1v) is 9.93. The van der Waals surface area contributed by atoms with Gasteiger partial charge >= 0.3 is 5.97 Å². The summed E-state index contributed by atoms with van der Waals surface area (Å²) >= 11 is 0. The summed E-state index contributed by atoms with van der Waals surface area (Å²) in [7, 11) is 7.47. The third-order valence-electron chi connectivity index (χ3n) is 4.92. The lowest BCUT2D eigenvalue weighted by molar-refractivity contribution is -0.140. The van der Waals surface area contributed by atoms with E-state index >= 15 is 0 Å². The normalized spacial score (nSPS) is 10.4. The van der Waals surface area contributed by atoms with Crippen LogP contribution in [0.4, 0.5) is 0 Å². The van der Waals surface area contributed by atoms with Crippen molar-refractivity contribution < 1.29 is 33.3 Å². The monoisotopic (exact) mass is 410 g/mol. The first kappa shape index (κ1) is 24.6. The molecular formula is C22H34O7. The van der Waals surface area contributed by atoms with Crippen LogP contribution in [0, 0.1) is 6.92 Å². The number of rotatable bonds is 14. The summed E-state index contributed by atoms with van der Waals surface area (Å²) in [5.74, 6) is 1.43. The van der Waals surface area contributed by atoms with E-state index in [0.717, 1.165) is 38.5 Å². The maximum atomic E-state index is 12.9. The van der Waals surface area contributed by atoms with Crippen LogP contribution in [0.2, 0.25) is 0 Å². The largest absolute Gasteiger partial charge is 0.492 e. The predicted molar refractivity (Wildman–Crippen MR) is 111 cm³/mol. The Morgan fingerprint density at radius 1 is 0.621 bits per heavy atom. The van der Waals surface area contributed by atoms with Crippen LogP contribution in [0.3, 0.4) is 0 Å². The van der Waals surface area contributed by atoms with Gasteiger partial charge in [-0.25, -0.2) is 0 Å². The van der Waals surface area contributed by atoms with E-state index < -0.39 is 0 Å². The summed E-state index contributed by atoms with van der Waals surface area (Å²) in [4.78, 5) is 24.0. The van der Waals surface area contributed by atoms with Crippen molar-refractivity contribution in [3.8, 4) is 23.0 Å². The van der Waals surface area contributed by atoms with Crippen molar-refractivity contribution in [1.29, 1.82) is 0 Å². The SMILES string of the molecule is COC(=O)CCCCCCCCC(=O)c1c(C)c(OC)c(OC)c(OC)c1OC. The minimum Gasteiger partial charge on any atom is -0.492 e. The Morgan fingerprint density at radius 2 is 1.07 bits per heavy atom.